The normalized spacial score (nSPS) is 9.73. The van der Waals surface area contributed by atoms with Crippen LogP contribution in [0.4, 0.5) is 0 Å². The van der Waals surface area contributed by atoms with Crippen LogP contribution in [-0.4, -0.2) is 32.5 Å². The first-order valence-electron chi connectivity index (χ1n) is 4.54. The van der Waals surface area contributed by atoms with Crippen LogP contribution in [0.25, 0.3) is 0 Å². The molecule has 1 heterocycles. The number of aromatic nitrogens is 1. The molecule has 0 atom stereocenters. The third-order valence-electron chi connectivity index (χ3n) is 2.00. The van der Waals surface area contributed by atoms with Crippen LogP contribution < -0.4 is 4.46 Å². The Morgan fingerprint density at radius 1 is 1.60 bits per heavy atom. The van der Waals surface area contributed by atoms with Gasteiger partial charge in [0.15, 0.2) is 0 Å². The Bertz CT molecular complexity index is 418. The van der Waals surface area contributed by atoms with Gasteiger partial charge < -0.3 is 0 Å². The van der Waals surface area contributed by atoms with Crippen LogP contribution in [0.2, 0.25) is 0 Å². The first kappa shape index (κ1) is 11.8. The summed E-state index contributed by atoms with van der Waals surface area (Å²) in [5, 5.41) is 8.67. The molecule has 0 bridgehead atoms. The molecule has 0 unspecified atom stereocenters. The minimum absolute atomic E-state index is 0.241. The molecule has 0 saturated carbocycles. The van der Waals surface area contributed by atoms with Gasteiger partial charge in [-0.2, -0.15) is 0 Å². The SMILES string of the molecule is CCOC(=O)c1[nH]c(C)c([Se]C#N)c1C. The number of esters is 1. The topological polar surface area (TPSA) is 65.9 Å². The molecule has 0 aromatic carbocycles. The minimum atomic E-state index is -0.349. The van der Waals surface area contributed by atoms with Crippen LogP contribution in [0, 0.1) is 24.1 Å². The van der Waals surface area contributed by atoms with E-state index in [1.807, 2.05) is 13.8 Å². The van der Waals surface area contributed by atoms with Crippen molar-refractivity contribution in [2.45, 2.75) is 20.8 Å². The molecular formula is C10H12N2O2Se. The van der Waals surface area contributed by atoms with Crippen LogP contribution in [0.1, 0.15) is 28.7 Å². The van der Waals surface area contributed by atoms with Crippen molar-refractivity contribution in [1.82, 2.24) is 4.98 Å². The summed E-state index contributed by atoms with van der Waals surface area (Å²) < 4.78 is 5.86. The summed E-state index contributed by atoms with van der Waals surface area (Å²) >= 11 is -0.241. The average molecular weight is 271 g/mol. The summed E-state index contributed by atoms with van der Waals surface area (Å²) in [5.41, 5.74) is 2.20. The summed E-state index contributed by atoms with van der Waals surface area (Å²) in [7, 11) is 0. The summed E-state index contributed by atoms with van der Waals surface area (Å²) in [6.07, 6.45) is 0. The third kappa shape index (κ3) is 2.41. The maximum atomic E-state index is 11.5. The molecule has 4 nitrogen and oxygen atoms in total. The summed E-state index contributed by atoms with van der Waals surface area (Å²) in [6, 6.07) is 0. The monoisotopic (exact) mass is 272 g/mol. The van der Waals surface area contributed by atoms with Crippen LogP contribution in [0.3, 0.4) is 0 Å². The van der Waals surface area contributed by atoms with Gasteiger partial charge in [0.2, 0.25) is 0 Å². The molecule has 0 fully saturated rings. The Labute approximate surface area is 94.8 Å². The van der Waals surface area contributed by atoms with E-state index in [0.717, 1.165) is 15.7 Å². The van der Waals surface area contributed by atoms with Gasteiger partial charge in [0, 0.05) is 0 Å². The zero-order chi connectivity index (χ0) is 11.4. The van der Waals surface area contributed by atoms with Crippen LogP contribution in [-0.2, 0) is 4.74 Å². The van der Waals surface area contributed by atoms with Crippen molar-refractivity contribution in [3.8, 4) is 4.97 Å². The first-order valence-corrected chi connectivity index (χ1v) is 6.25. The molecule has 80 valence electrons. The molecule has 15 heavy (non-hydrogen) atoms. The van der Waals surface area contributed by atoms with E-state index in [2.05, 4.69) is 9.95 Å². The number of nitrogens with zero attached hydrogens (tertiary/aromatic N) is 1. The van der Waals surface area contributed by atoms with Gasteiger partial charge >= 0.3 is 94.5 Å². The molecule has 5 heteroatoms. The second-order valence-corrected chi connectivity index (χ2v) is 4.66. The number of carbonyl (C=O) groups excluding carboxylic acids is 1. The van der Waals surface area contributed by atoms with Gasteiger partial charge in [0.1, 0.15) is 0 Å². The Balaban J connectivity index is 3.07. The number of hydrogen-bond donors (Lipinski definition) is 1. The number of aryl methyl sites for hydroxylation is 1. The zero-order valence-electron chi connectivity index (χ0n) is 8.88. The van der Waals surface area contributed by atoms with Crippen molar-refractivity contribution in [2.24, 2.45) is 0 Å². The van der Waals surface area contributed by atoms with Crippen molar-refractivity contribution in [3.63, 3.8) is 0 Å². The standard InChI is InChI=1S/C10H12N2O2Se/c1-4-14-10(13)8-6(2)9(15-5-11)7(3)12-8/h12H,4H2,1-3H3. The van der Waals surface area contributed by atoms with Crippen molar-refractivity contribution in [3.05, 3.63) is 17.0 Å². The summed E-state index contributed by atoms with van der Waals surface area (Å²) in [4.78, 5) is 16.6. The fourth-order valence-corrected chi connectivity index (χ4v) is 2.49. The average Bonchev–Trinajstić information content (AvgIpc) is 2.47. The molecule has 0 radical (unpaired) electrons. The predicted molar refractivity (Wildman–Crippen MR) is 57.2 cm³/mol. The van der Waals surface area contributed by atoms with Crippen LogP contribution in [0.15, 0.2) is 0 Å². The molecule has 0 aliphatic heterocycles. The summed E-state index contributed by atoms with van der Waals surface area (Å²) in [5.74, 6) is -0.349. The molecule has 1 N–H and O–H groups in total. The molecule has 0 spiro atoms. The zero-order valence-corrected chi connectivity index (χ0v) is 10.6. The molecular weight excluding hydrogens is 259 g/mol. The number of rotatable bonds is 3. The van der Waals surface area contributed by atoms with Crippen molar-refractivity contribution in [1.29, 1.82) is 5.26 Å². The van der Waals surface area contributed by atoms with Crippen molar-refractivity contribution in [2.75, 3.05) is 6.61 Å². The van der Waals surface area contributed by atoms with Gasteiger partial charge in [-0.25, -0.2) is 0 Å². The van der Waals surface area contributed by atoms with Gasteiger partial charge in [-0.3, -0.25) is 0 Å². The van der Waals surface area contributed by atoms with E-state index in [0.29, 0.717) is 12.3 Å². The number of H-pyrrole nitrogens is 1. The van der Waals surface area contributed by atoms with Gasteiger partial charge in [-0.15, -0.1) is 0 Å². The van der Waals surface area contributed by atoms with E-state index < -0.39 is 0 Å². The molecule has 0 amide bonds. The fraction of sp³-hybridized carbons (Fsp3) is 0.400. The number of carbonyl (C=O) groups is 1. The van der Waals surface area contributed by atoms with E-state index in [9.17, 15) is 4.79 Å². The van der Waals surface area contributed by atoms with Crippen molar-refractivity contribution >= 4 is 25.4 Å². The number of nitrogens with one attached hydrogen (secondary N) is 1. The second-order valence-electron chi connectivity index (χ2n) is 2.99. The Morgan fingerprint density at radius 3 is 2.80 bits per heavy atom. The van der Waals surface area contributed by atoms with E-state index in [1.54, 1.807) is 6.92 Å². The first-order chi connectivity index (χ1) is 7.11. The van der Waals surface area contributed by atoms with Gasteiger partial charge in [0.05, 0.1) is 0 Å². The number of ether oxygens (including phenoxy) is 1. The molecule has 0 aliphatic carbocycles. The molecule has 1 rings (SSSR count). The number of nitriles is 1. The summed E-state index contributed by atoms with van der Waals surface area (Å²) in [6.45, 7) is 5.83. The van der Waals surface area contributed by atoms with Crippen LogP contribution >= 0.6 is 0 Å². The van der Waals surface area contributed by atoms with Crippen LogP contribution in [0.5, 0.6) is 0 Å². The fourth-order valence-electron chi connectivity index (χ4n) is 1.34. The van der Waals surface area contributed by atoms with Crippen molar-refractivity contribution < 1.29 is 9.53 Å². The predicted octanol–water partition coefficient (Wildman–Crippen LogP) is 0.619. The Hall–Kier alpha value is -1.24. The third-order valence-corrected chi connectivity index (χ3v) is 3.90. The van der Waals surface area contributed by atoms with E-state index >= 15 is 0 Å². The quantitative estimate of drug-likeness (QED) is 0.647. The Morgan fingerprint density at radius 2 is 2.27 bits per heavy atom. The Kier molecular flexibility index (Phi) is 3.95. The second kappa shape index (κ2) is 5.01. The van der Waals surface area contributed by atoms with E-state index in [-0.39, 0.29) is 20.9 Å². The van der Waals surface area contributed by atoms with Gasteiger partial charge in [-0.05, 0) is 0 Å². The number of aromatic amines is 1. The molecule has 0 aliphatic rings. The molecule has 1 aromatic heterocycles. The number of hydrogen-bond acceptors (Lipinski definition) is 3. The van der Waals surface area contributed by atoms with Gasteiger partial charge in [-0.1, -0.05) is 0 Å². The maximum absolute atomic E-state index is 11.5. The van der Waals surface area contributed by atoms with E-state index in [4.69, 9.17) is 10.00 Å². The molecule has 0 saturated heterocycles. The van der Waals surface area contributed by atoms with E-state index in [1.165, 1.54) is 0 Å². The van der Waals surface area contributed by atoms with Gasteiger partial charge in [0.25, 0.3) is 0 Å². The molecule has 1 aromatic rings.